The summed E-state index contributed by atoms with van der Waals surface area (Å²) in [5.74, 6) is 1.61. The van der Waals surface area contributed by atoms with Crippen molar-refractivity contribution in [1.82, 2.24) is 19.7 Å². The molecule has 158 valence electrons. The van der Waals surface area contributed by atoms with E-state index in [4.69, 9.17) is 4.74 Å². The minimum absolute atomic E-state index is 0.0485. The number of nitrogens with one attached hydrogen (secondary N) is 1. The van der Waals surface area contributed by atoms with Crippen molar-refractivity contribution in [3.05, 3.63) is 59.0 Å². The Morgan fingerprint density at radius 2 is 1.80 bits per heavy atom. The van der Waals surface area contributed by atoms with Crippen LogP contribution in [-0.4, -0.2) is 39.5 Å². The van der Waals surface area contributed by atoms with E-state index in [0.717, 1.165) is 67.7 Å². The highest BCUT2D eigenvalue weighted by molar-refractivity contribution is 5.59. The molecule has 0 amide bonds. The van der Waals surface area contributed by atoms with Crippen LogP contribution in [0.15, 0.2) is 36.4 Å². The summed E-state index contributed by atoms with van der Waals surface area (Å²) >= 11 is 0. The first-order valence-electron chi connectivity index (χ1n) is 10.8. The molecule has 6 nitrogen and oxygen atoms in total. The third-order valence-corrected chi connectivity index (χ3v) is 6.11. The van der Waals surface area contributed by atoms with E-state index in [2.05, 4.69) is 64.6 Å². The fourth-order valence-corrected chi connectivity index (χ4v) is 4.23. The third-order valence-electron chi connectivity index (χ3n) is 6.11. The second-order valence-corrected chi connectivity index (χ2v) is 8.30. The molecule has 30 heavy (non-hydrogen) atoms. The molecule has 1 N–H and O–H groups in total. The highest BCUT2D eigenvalue weighted by Crippen LogP contribution is 2.35. The molecule has 1 saturated heterocycles. The van der Waals surface area contributed by atoms with E-state index in [1.165, 1.54) is 11.1 Å². The van der Waals surface area contributed by atoms with Gasteiger partial charge in [-0.25, -0.2) is 9.97 Å². The predicted molar refractivity (Wildman–Crippen MR) is 120 cm³/mol. The quantitative estimate of drug-likeness (QED) is 0.665. The Bertz CT molecular complexity index is 1000. The summed E-state index contributed by atoms with van der Waals surface area (Å²) < 4.78 is 7.58. The Hall–Kier alpha value is -2.73. The van der Waals surface area contributed by atoms with Gasteiger partial charge in [-0.05, 0) is 44.7 Å². The lowest BCUT2D eigenvalue weighted by molar-refractivity contribution is 0.0543. The maximum Gasteiger partial charge on any atom is 0.130 e. The lowest BCUT2D eigenvalue weighted by Crippen LogP contribution is -2.40. The zero-order chi connectivity index (χ0) is 21.1. The largest absolute Gasteiger partial charge is 0.381 e. The zero-order valence-corrected chi connectivity index (χ0v) is 18.4. The van der Waals surface area contributed by atoms with Gasteiger partial charge < -0.3 is 10.1 Å². The van der Waals surface area contributed by atoms with E-state index >= 15 is 0 Å². The molecule has 1 aliphatic heterocycles. The first kappa shape index (κ1) is 20.5. The van der Waals surface area contributed by atoms with Gasteiger partial charge in [-0.2, -0.15) is 5.10 Å². The number of aromatic nitrogens is 4. The Labute approximate surface area is 178 Å². The molecule has 0 unspecified atom stereocenters. The van der Waals surface area contributed by atoms with Gasteiger partial charge in [0.2, 0.25) is 0 Å². The lowest BCUT2D eigenvalue weighted by Gasteiger charge is -2.38. The standard InChI is InChI=1S/C24H31N5O/c1-5-20-14-22(29(4)28-20)21-15-23(27-18(3)26-21)25-16-24(10-12-30-13-11-24)19-8-6-17(2)7-9-19/h6-9,14-15H,5,10-13,16H2,1-4H3,(H,25,26,27). The van der Waals surface area contributed by atoms with Crippen LogP contribution in [0.3, 0.4) is 0 Å². The van der Waals surface area contributed by atoms with Crippen molar-refractivity contribution in [1.29, 1.82) is 0 Å². The fourth-order valence-electron chi connectivity index (χ4n) is 4.23. The van der Waals surface area contributed by atoms with Crippen LogP contribution in [-0.2, 0) is 23.6 Å². The van der Waals surface area contributed by atoms with Gasteiger partial charge >= 0.3 is 0 Å². The molecular weight excluding hydrogens is 374 g/mol. The molecule has 2 aromatic heterocycles. The molecule has 1 aromatic carbocycles. The van der Waals surface area contributed by atoms with E-state index < -0.39 is 0 Å². The topological polar surface area (TPSA) is 64.9 Å². The Balaban J connectivity index is 1.60. The molecule has 0 saturated carbocycles. The van der Waals surface area contributed by atoms with Gasteiger partial charge in [0, 0.05) is 38.3 Å². The lowest BCUT2D eigenvalue weighted by atomic mass is 9.74. The van der Waals surface area contributed by atoms with Crippen LogP contribution < -0.4 is 5.32 Å². The molecule has 1 fully saturated rings. The average molecular weight is 406 g/mol. The second kappa shape index (κ2) is 8.56. The van der Waals surface area contributed by atoms with Gasteiger partial charge in [0.05, 0.1) is 17.1 Å². The maximum atomic E-state index is 5.68. The number of nitrogens with zero attached hydrogens (tertiary/aromatic N) is 4. The average Bonchev–Trinajstić information content (AvgIpc) is 3.14. The monoisotopic (exact) mass is 405 g/mol. The molecule has 6 heteroatoms. The van der Waals surface area contributed by atoms with Crippen molar-refractivity contribution in [2.24, 2.45) is 7.05 Å². The number of ether oxygens (including phenoxy) is 1. The van der Waals surface area contributed by atoms with Crippen molar-refractivity contribution in [2.45, 2.75) is 45.4 Å². The molecule has 0 aliphatic carbocycles. The molecule has 0 spiro atoms. The van der Waals surface area contributed by atoms with Crippen LogP contribution in [0, 0.1) is 13.8 Å². The summed E-state index contributed by atoms with van der Waals surface area (Å²) in [7, 11) is 1.97. The van der Waals surface area contributed by atoms with Gasteiger partial charge in [0.1, 0.15) is 11.6 Å². The summed E-state index contributed by atoms with van der Waals surface area (Å²) in [5, 5.41) is 8.19. The number of anilines is 1. The van der Waals surface area contributed by atoms with Crippen molar-refractivity contribution in [2.75, 3.05) is 25.1 Å². The predicted octanol–water partition coefficient (Wildman–Crippen LogP) is 4.22. The van der Waals surface area contributed by atoms with Crippen molar-refractivity contribution in [3.8, 4) is 11.4 Å². The maximum absolute atomic E-state index is 5.68. The van der Waals surface area contributed by atoms with Crippen LogP contribution in [0.25, 0.3) is 11.4 Å². The highest BCUT2D eigenvalue weighted by Gasteiger charge is 2.34. The summed E-state index contributed by atoms with van der Waals surface area (Å²) in [4.78, 5) is 9.32. The van der Waals surface area contributed by atoms with Crippen LogP contribution in [0.4, 0.5) is 5.82 Å². The summed E-state index contributed by atoms with van der Waals surface area (Å²) in [5.41, 5.74) is 5.68. The van der Waals surface area contributed by atoms with Crippen LogP contribution >= 0.6 is 0 Å². The van der Waals surface area contributed by atoms with Crippen LogP contribution in [0.1, 0.15) is 42.4 Å². The molecule has 3 aromatic rings. The summed E-state index contributed by atoms with van der Waals surface area (Å²) in [6.07, 6.45) is 2.91. The minimum atomic E-state index is 0.0485. The van der Waals surface area contributed by atoms with Crippen molar-refractivity contribution >= 4 is 5.82 Å². The van der Waals surface area contributed by atoms with Crippen LogP contribution in [0.5, 0.6) is 0 Å². The molecule has 4 rings (SSSR count). The van der Waals surface area contributed by atoms with E-state index in [-0.39, 0.29) is 5.41 Å². The number of hydrogen-bond acceptors (Lipinski definition) is 5. The zero-order valence-electron chi connectivity index (χ0n) is 18.4. The first-order chi connectivity index (χ1) is 14.5. The SMILES string of the molecule is CCc1cc(-c2cc(NCC3(c4ccc(C)cc4)CCOCC3)nc(C)n2)n(C)n1. The number of hydrogen-bond donors (Lipinski definition) is 1. The fraction of sp³-hybridized carbons (Fsp3) is 0.458. The van der Waals surface area contributed by atoms with E-state index in [1.54, 1.807) is 0 Å². The van der Waals surface area contributed by atoms with Gasteiger partial charge in [-0.3, -0.25) is 4.68 Å². The molecule has 0 atom stereocenters. The Morgan fingerprint density at radius 1 is 1.07 bits per heavy atom. The summed E-state index contributed by atoms with van der Waals surface area (Å²) in [6.45, 7) is 8.59. The van der Waals surface area contributed by atoms with Crippen molar-refractivity contribution in [3.63, 3.8) is 0 Å². The van der Waals surface area contributed by atoms with Crippen molar-refractivity contribution < 1.29 is 4.74 Å². The molecule has 1 aliphatic rings. The number of benzene rings is 1. The normalized spacial score (nSPS) is 15.9. The van der Waals surface area contributed by atoms with Gasteiger partial charge in [0.15, 0.2) is 0 Å². The summed E-state index contributed by atoms with van der Waals surface area (Å²) in [6, 6.07) is 13.1. The number of aryl methyl sites for hydroxylation is 4. The highest BCUT2D eigenvalue weighted by atomic mass is 16.5. The molecule has 0 bridgehead atoms. The van der Waals surface area contributed by atoms with E-state index in [1.807, 2.05) is 24.7 Å². The Kier molecular flexibility index (Phi) is 5.86. The first-order valence-corrected chi connectivity index (χ1v) is 10.8. The minimum Gasteiger partial charge on any atom is -0.381 e. The number of rotatable bonds is 6. The Morgan fingerprint density at radius 3 is 2.47 bits per heavy atom. The molecule has 0 radical (unpaired) electrons. The van der Waals surface area contributed by atoms with E-state index in [9.17, 15) is 0 Å². The molecular formula is C24H31N5O. The van der Waals surface area contributed by atoms with Gasteiger partial charge in [-0.15, -0.1) is 0 Å². The molecule has 3 heterocycles. The van der Waals surface area contributed by atoms with Crippen LogP contribution in [0.2, 0.25) is 0 Å². The van der Waals surface area contributed by atoms with Gasteiger partial charge in [-0.1, -0.05) is 36.8 Å². The van der Waals surface area contributed by atoms with E-state index in [0.29, 0.717) is 0 Å². The van der Waals surface area contributed by atoms with Gasteiger partial charge in [0.25, 0.3) is 0 Å². The third kappa shape index (κ3) is 4.24. The smallest absolute Gasteiger partial charge is 0.130 e. The second-order valence-electron chi connectivity index (χ2n) is 8.30.